The van der Waals surface area contributed by atoms with E-state index in [1.54, 1.807) is 12.0 Å². The lowest BCUT2D eigenvalue weighted by atomic mass is 10.00. The fourth-order valence-electron chi connectivity index (χ4n) is 2.84. The number of ether oxygens (including phenoxy) is 1. The zero-order chi connectivity index (χ0) is 17.7. The Kier molecular flexibility index (Phi) is 6.04. The average molecular weight is 348 g/mol. The van der Waals surface area contributed by atoms with Crippen molar-refractivity contribution in [3.05, 3.63) is 29.6 Å². The van der Waals surface area contributed by atoms with Crippen LogP contribution in [0.1, 0.15) is 31.2 Å². The molecule has 24 heavy (non-hydrogen) atoms. The number of benzene rings is 1. The molecule has 1 heterocycles. The molecule has 0 unspecified atom stereocenters. The molecule has 0 radical (unpaired) electrons. The number of hydrogen-bond donors (Lipinski definition) is 1. The third-order valence-corrected chi connectivity index (χ3v) is 4.07. The number of nitrogens with one attached hydrogen (secondary N) is 1. The molecular weight excluding hydrogens is 328 g/mol. The summed E-state index contributed by atoms with van der Waals surface area (Å²) in [6, 6.07) is 1.95. The third-order valence-electron chi connectivity index (χ3n) is 4.07. The van der Waals surface area contributed by atoms with E-state index in [1.807, 2.05) is 0 Å². The molecule has 0 bridgehead atoms. The van der Waals surface area contributed by atoms with Gasteiger partial charge in [-0.2, -0.15) is 13.2 Å². The molecule has 0 spiro atoms. The van der Waals surface area contributed by atoms with Gasteiger partial charge in [-0.1, -0.05) is 0 Å². The molecule has 2 rings (SSSR count). The van der Waals surface area contributed by atoms with Crippen LogP contribution in [0, 0.1) is 5.82 Å². The summed E-state index contributed by atoms with van der Waals surface area (Å²) in [5.41, 5.74) is -1.35. The van der Waals surface area contributed by atoms with Crippen LogP contribution in [0.5, 0.6) is 0 Å². The van der Waals surface area contributed by atoms with Crippen molar-refractivity contribution in [3.63, 3.8) is 0 Å². The number of urea groups is 1. The van der Waals surface area contributed by atoms with Gasteiger partial charge in [-0.05, 0) is 43.9 Å². The molecule has 1 aromatic carbocycles. The van der Waals surface area contributed by atoms with Crippen molar-refractivity contribution in [2.75, 3.05) is 25.6 Å². The first kappa shape index (κ1) is 18.5. The van der Waals surface area contributed by atoms with Gasteiger partial charge in [-0.15, -0.1) is 0 Å². The molecule has 0 aliphatic carbocycles. The second kappa shape index (κ2) is 7.83. The van der Waals surface area contributed by atoms with Gasteiger partial charge in [0, 0.05) is 32.0 Å². The van der Waals surface area contributed by atoms with Gasteiger partial charge >= 0.3 is 12.2 Å². The van der Waals surface area contributed by atoms with Crippen molar-refractivity contribution in [1.82, 2.24) is 4.90 Å². The molecule has 1 aliphatic heterocycles. The first-order chi connectivity index (χ1) is 11.3. The van der Waals surface area contributed by atoms with Crippen LogP contribution in [-0.4, -0.2) is 37.2 Å². The van der Waals surface area contributed by atoms with Crippen molar-refractivity contribution >= 4 is 11.7 Å². The second-order valence-electron chi connectivity index (χ2n) is 5.75. The number of alkyl halides is 3. The number of carbonyl (C=O) groups is 1. The van der Waals surface area contributed by atoms with Gasteiger partial charge in [0.25, 0.3) is 0 Å². The summed E-state index contributed by atoms with van der Waals surface area (Å²) in [6.07, 6.45) is -1.36. The van der Waals surface area contributed by atoms with Crippen molar-refractivity contribution < 1.29 is 27.1 Å². The molecule has 1 fully saturated rings. The molecule has 1 N–H and O–H groups in total. The van der Waals surface area contributed by atoms with Crippen molar-refractivity contribution in [1.29, 1.82) is 0 Å². The van der Waals surface area contributed by atoms with E-state index in [2.05, 4.69) is 5.32 Å². The Labute approximate surface area is 137 Å². The quantitative estimate of drug-likeness (QED) is 0.826. The van der Waals surface area contributed by atoms with Crippen molar-refractivity contribution in [2.24, 2.45) is 0 Å². The number of halogens is 4. The minimum Gasteiger partial charge on any atom is -0.385 e. The van der Waals surface area contributed by atoms with Crippen LogP contribution in [0.15, 0.2) is 18.2 Å². The number of rotatable bonds is 4. The normalized spacial score (nSPS) is 18.5. The number of methoxy groups -OCH3 is 1. The molecule has 134 valence electrons. The molecule has 1 aromatic rings. The summed E-state index contributed by atoms with van der Waals surface area (Å²) >= 11 is 0. The highest BCUT2D eigenvalue weighted by molar-refractivity contribution is 5.89. The Morgan fingerprint density at radius 2 is 2.12 bits per heavy atom. The van der Waals surface area contributed by atoms with E-state index in [-0.39, 0.29) is 11.7 Å². The Hall–Kier alpha value is -1.83. The first-order valence-corrected chi connectivity index (χ1v) is 7.76. The summed E-state index contributed by atoms with van der Waals surface area (Å²) in [5.74, 6) is -1.41. The van der Waals surface area contributed by atoms with Gasteiger partial charge in [0.15, 0.2) is 0 Å². The van der Waals surface area contributed by atoms with Gasteiger partial charge in [0.05, 0.1) is 5.56 Å². The fourth-order valence-corrected chi connectivity index (χ4v) is 2.84. The van der Waals surface area contributed by atoms with Crippen LogP contribution >= 0.6 is 0 Å². The lowest BCUT2D eigenvalue weighted by Crippen LogP contribution is -2.46. The van der Waals surface area contributed by atoms with Crippen LogP contribution in [0.3, 0.4) is 0 Å². The lowest BCUT2D eigenvalue weighted by molar-refractivity contribution is -0.139. The van der Waals surface area contributed by atoms with Crippen LogP contribution in [0.2, 0.25) is 0 Å². The molecule has 1 saturated heterocycles. The van der Waals surface area contributed by atoms with E-state index >= 15 is 0 Å². The highest BCUT2D eigenvalue weighted by Gasteiger charge is 2.34. The number of piperidine rings is 1. The van der Waals surface area contributed by atoms with E-state index in [0.29, 0.717) is 31.7 Å². The maximum absolute atomic E-state index is 13.6. The molecule has 2 amide bonds. The molecule has 0 aromatic heterocycles. The second-order valence-corrected chi connectivity index (χ2v) is 5.75. The number of carbonyl (C=O) groups excluding carboxylic acids is 1. The number of likely N-dealkylation sites (tertiary alicyclic amines) is 1. The first-order valence-electron chi connectivity index (χ1n) is 7.76. The predicted octanol–water partition coefficient (Wildman–Crippen LogP) is 4.27. The van der Waals surface area contributed by atoms with E-state index < -0.39 is 23.6 Å². The SMILES string of the molecule is COCC[C@@H]1CCCCN1C(=O)Nc1ccc(C(F)(F)F)c(F)c1. The smallest absolute Gasteiger partial charge is 0.385 e. The van der Waals surface area contributed by atoms with E-state index in [4.69, 9.17) is 4.74 Å². The highest BCUT2D eigenvalue weighted by atomic mass is 19.4. The summed E-state index contributed by atoms with van der Waals surface area (Å²) in [7, 11) is 1.58. The van der Waals surface area contributed by atoms with Gasteiger partial charge in [0.1, 0.15) is 5.82 Å². The van der Waals surface area contributed by atoms with Gasteiger partial charge in [-0.25, -0.2) is 9.18 Å². The van der Waals surface area contributed by atoms with Gasteiger partial charge in [-0.3, -0.25) is 0 Å². The summed E-state index contributed by atoms with van der Waals surface area (Å²) in [4.78, 5) is 14.0. The number of hydrogen-bond acceptors (Lipinski definition) is 2. The largest absolute Gasteiger partial charge is 0.419 e. The third kappa shape index (κ3) is 4.59. The zero-order valence-corrected chi connectivity index (χ0v) is 13.3. The Balaban J connectivity index is 2.06. The van der Waals surface area contributed by atoms with Crippen LogP contribution in [0.4, 0.5) is 28.0 Å². The summed E-state index contributed by atoms with van der Waals surface area (Å²) in [5, 5.41) is 2.48. The minimum absolute atomic E-state index is 0.00145. The average Bonchev–Trinajstić information content (AvgIpc) is 2.52. The highest BCUT2D eigenvalue weighted by Crippen LogP contribution is 2.32. The summed E-state index contributed by atoms with van der Waals surface area (Å²) in [6.45, 7) is 1.08. The maximum Gasteiger partial charge on any atom is 0.419 e. The monoisotopic (exact) mass is 348 g/mol. The van der Waals surface area contributed by atoms with E-state index in [9.17, 15) is 22.4 Å². The van der Waals surface area contributed by atoms with Crippen LogP contribution in [0.25, 0.3) is 0 Å². The minimum atomic E-state index is -4.76. The van der Waals surface area contributed by atoms with Crippen molar-refractivity contribution in [3.8, 4) is 0 Å². The topological polar surface area (TPSA) is 41.6 Å². The molecule has 1 aliphatic rings. The maximum atomic E-state index is 13.6. The molecular formula is C16H20F4N2O2. The van der Waals surface area contributed by atoms with E-state index in [1.165, 1.54) is 0 Å². The number of anilines is 1. The predicted molar refractivity (Wildman–Crippen MR) is 81.3 cm³/mol. The standard InChI is InChI=1S/C16H20F4N2O2/c1-24-9-7-12-4-2-3-8-22(12)15(23)21-11-5-6-13(14(17)10-11)16(18,19)20/h5-6,10,12H,2-4,7-9H2,1H3,(H,21,23)/t12-/m0/s1. The van der Waals surface area contributed by atoms with Gasteiger partial charge < -0.3 is 15.0 Å². The lowest BCUT2D eigenvalue weighted by Gasteiger charge is -2.35. The molecule has 0 saturated carbocycles. The van der Waals surface area contributed by atoms with E-state index in [0.717, 1.165) is 25.3 Å². The van der Waals surface area contributed by atoms with Crippen LogP contribution in [-0.2, 0) is 10.9 Å². The molecule has 1 atom stereocenters. The summed E-state index contributed by atoms with van der Waals surface area (Å²) < 4.78 is 56.3. The number of amides is 2. The Morgan fingerprint density at radius 3 is 2.75 bits per heavy atom. The zero-order valence-electron chi connectivity index (χ0n) is 13.3. The Morgan fingerprint density at radius 1 is 1.38 bits per heavy atom. The number of nitrogens with zero attached hydrogens (tertiary/aromatic N) is 1. The van der Waals surface area contributed by atoms with Gasteiger partial charge in [0.2, 0.25) is 0 Å². The van der Waals surface area contributed by atoms with Crippen molar-refractivity contribution in [2.45, 2.75) is 37.9 Å². The molecule has 4 nitrogen and oxygen atoms in total. The Bertz CT molecular complexity index is 578. The molecule has 8 heteroatoms. The fraction of sp³-hybridized carbons (Fsp3) is 0.562. The van der Waals surface area contributed by atoms with Crippen LogP contribution < -0.4 is 5.32 Å².